The Balaban J connectivity index is 4.45. The Morgan fingerprint density at radius 1 is 1.50 bits per heavy atom. The van der Waals surface area contributed by atoms with Gasteiger partial charge in [0, 0.05) is 5.92 Å². The number of carbonyl (C=O) groups is 1. The van der Waals surface area contributed by atoms with E-state index >= 15 is 0 Å². The molecule has 0 radical (unpaired) electrons. The molecule has 0 heterocycles. The van der Waals surface area contributed by atoms with Crippen molar-refractivity contribution < 1.29 is 9.90 Å². The van der Waals surface area contributed by atoms with Crippen LogP contribution in [0, 0.1) is 11.8 Å². The van der Waals surface area contributed by atoms with Crippen molar-refractivity contribution in [2.24, 2.45) is 11.8 Å². The number of carboxylic acid groups (broad SMARTS) is 1. The lowest BCUT2D eigenvalue weighted by Crippen LogP contribution is -2.17. The lowest BCUT2D eigenvalue weighted by molar-refractivity contribution is -0.141. The lowest BCUT2D eigenvalue weighted by Gasteiger charge is -2.12. The molecule has 0 aliphatic carbocycles. The van der Waals surface area contributed by atoms with Crippen molar-refractivity contribution >= 4 is 5.97 Å². The van der Waals surface area contributed by atoms with E-state index in [0.29, 0.717) is 0 Å². The minimum Gasteiger partial charge on any atom is -0.481 e. The molecule has 0 aromatic rings. The van der Waals surface area contributed by atoms with E-state index in [0.717, 1.165) is 5.57 Å². The van der Waals surface area contributed by atoms with Gasteiger partial charge in [0.2, 0.25) is 0 Å². The minimum absolute atomic E-state index is 0.0625. The highest BCUT2D eigenvalue weighted by Crippen LogP contribution is 2.16. The van der Waals surface area contributed by atoms with Gasteiger partial charge >= 0.3 is 5.97 Å². The summed E-state index contributed by atoms with van der Waals surface area (Å²) in [7, 11) is 0. The average Bonchev–Trinajstić information content (AvgIpc) is 1.98. The Morgan fingerprint density at radius 3 is 2.25 bits per heavy atom. The zero-order valence-corrected chi connectivity index (χ0v) is 7.87. The predicted molar refractivity (Wildman–Crippen MR) is 49.9 cm³/mol. The Hall–Kier alpha value is -1.05. The molecule has 0 aromatic carbocycles. The molecule has 0 aliphatic rings. The van der Waals surface area contributed by atoms with Gasteiger partial charge in [-0.15, -0.1) is 6.58 Å². The summed E-state index contributed by atoms with van der Waals surface area (Å²) < 4.78 is 0. The number of carboxylic acids is 1. The second kappa shape index (κ2) is 4.75. The van der Waals surface area contributed by atoms with Crippen LogP contribution in [-0.2, 0) is 4.79 Å². The van der Waals surface area contributed by atoms with Crippen LogP contribution >= 0.6 is 0 Å². The van der Waals surface area contributed by atoms with E-state index in [9.17, 15) is 4.79 Å². The predicted octanol–water partition coefficient (Wildman–Crippen LogP) is 2.48. The third-order valence-corrected chi connectivity index (χ3v) is 1.76. The molecule has 0 aliphatic heterocycles. The fourth-order valence-corrected chi connectivity index (χ4v) is 0.966. The largest absolute Gasteiger partial charge is 0.481 e. The highest BCUT2D eigenvalue weighted by Gasteiger charge is 2.18. The maximum Gasteiger partial charge on any atom is 0.307 e. The summed E-state index contributed by atoms with van der Waals surface area (Å²) in [5.41, 5.74) is 1.12. The molecule has 0 saturated heterocycles. The van der Waals surface area contributed by atoms with Gasteiger partial charge in [-0.1, -0.05) is 24.6 Å². The van der Waals surface area contributed by atoms with Crippen molar-refractivity contribution in [1.29, 1.82) is 0 Å². The second-order valence-corrected chi connectivity index (χ2v) is 3.18. The summed E-state index contributed by atoms with van der Waals surface area (Å²) in [6, 6.07) is 0. The van der Waals surface area contributed by atoms with E-state index in [1.165, 1.54) is 0 Å². The summed E-state index contributed by atoms with van der Waals surface area (Å²) in [5.74, 6) is -1.23. The van der Waals surface area contributed by atoms with Gasteiger partial charge < -0.3 is 5.11 Å². The van der Waals surface area contributed by atoms with Gasteiger partial charge in [0.25, 0.3) is 0 Å². The van der Waals surface area contributed by atoms with Crippen LogP contribution in [0.25, 0.3) is 0 Å². The monoisotopic (exact) mass is 168 g/mol. The molecule has 2 atom stereocenters. The van der Waals surface area contributed by atoms with Crippen molar-refractivity contribution in [2.45, 2.75) is 20.8 Å². The first-order chi connectivity index (χ1) is 5.49. The molecule has 0 bridgehead atoms. The Labute approximate surface area is 73.6 Å². The van der Waals surface area contributed by atoms with E-state index in [2.05, 4.69) is 6.58 Å². The fourth-order valence-electron chi connectivity index (χ4n) is 0.966. The molecule has 68 valence electrons. The molecule has 0 aromatic heterocycles. The first-order valence-corrected chi connectivity index (χ1v) is 3.99. The van der Waals surface area contributed by atoms with E-state index in [4.69, 9.17) is 5.11 Å². The smallest absolute Gasteiger partial charge is 0.307 e. The number of allylic oxidation sites excluding steroid dienone is 3. The molecule has 2 unspecified atom stereocenters. The van der Waals surface area contributed by atoms with Crippen LogP contribution < -0.4 is 0 Å². The number of rotatable bonds is 4. The average molecular weight is 168 g/mol. The third kappa shape index (κ3) is 3.37. The summed E-state index contributed by atoms with van der Waals surface area (Å²) in [6.45, 7) is 9.20. The van der Waals surface area contributed by atoms with Crippen LogP contribution in [0.5, 0.6) is 0 Å². The highest BCUT2D eigenvalue weighted by atomic mass is 16.4. The van der Waals surface area contributed by atoms with Crippen molar-refractivity contribution in [2.75, 3.05) is 0 Å². The molecule has 0 saturated carbocycles. The quantitative estimate of drug-likeness (QED) is 0.655. The van der Waals surface area contributed by atoms with Crippen molar-refractivity contribution in [3.8, 4) is 0 Å². The molecule has 1 N–H and O–H groups in total. The van der Waals surface area contributed by atoms with Crippen LogP contribution in [0.3, 0.4) is 0 Å². The van der Waals surface area contributed by atoms with Crippen LogP contribution in [0.4, 0.5) is 0 Å². The fraction of sp³-hybridized carbons (Fsp3) is 0.500. The van der Waals surface area contributed by atoms with Gasteiger partial charge in [0.1, 0.15) is 0 Å². The Kier molecular flexibility index (Phi) is 4.34. The number of hydrogen-bond donors (Lipinski definition) is 1. The van der Waals surface area contributed by atoms with E-state index in [1.807, 2.05) is 19.9 Å². The zero-order valence-electron chi connectivity index (χ0n) is 7.87. The minimum atomic E-state index is -0.780. The molecular weight excluding hydrogens is 152 g/mol. The number of aliphatic carboxylic acids is 1. The van der Waals surface area contributed by atoms with Gasteiger partial charge in [0.15, 0.2) is 0 Å². The maximum atomic E-state index is 10.6. The Bertz CT molecular complexity index is 200. The SMILES string of the molecule is C=CC(C=C(C)C)C(C)C(=O)O. The standard InChI is InChI=1S/C10H16O2/c1-5-9(6-7(2)3)8(4)10(11)12/h5-6,8-9H,1H2,2-4H3,(H,11,12). The third-order valence-electron chi connectivity index (χ3n) is 1.76. The van der Waals surface area contributed by atoms with Crippen LogP contribution in [0.1, 0.15) is 20.8 Å². The van der Waals surface area contributed by atoms with Crippen LogP contribution in [0.15, 0.2) is 24.3 Å². The van der Waals surface area contributed by atoms with Gasteiger partial charge in [-0.2, -0.15) is 0 Å². The molecule has 0 fully saturated rings. The maximum absolute atomic E-state index is 10.6. The topological polar surface area (TPSA) is 37.3 Å². The van der Waals surface area contributed by atoms with Crippen molar-refractivity contribution in [1.82, 2.24) is 0 Å². The van der Waals surface area contributed by atoms with E-state index in [1.54, 1.807) is 13.0 Å². The van der Waals surface area contributed by atoms with Gasteiger partial charge in [-0.05, 0) is 13.8 Å². The van der Waals surface area contributed by atoms with Gasteiger partial charge in [0.05, 0.1) is 5.92 Å². The molecule has 0 amide bonds. The van der Waals surface area contributed by atoms with Gasteiger partial charge in [-0.3, -0.25) is 4.79 Å². The molecule has 0 spiro atoms. The molecular formula is C10H16O2. The summed E-state index contributed by atoms with van der Waals surface area (Å²) in [5, 5.41) is 8.72. The van der Waals surface area contributed by atoms with E-state index < -0.39 is 11.9 Å². The zero-order chi connectivity index (χ0) is 9.72. The van der Waals surface area contributed by atoms with Crippen molar-refractivity contribution in [3.63, 3.8) is 0 Å². The summed E-state index contributed by atoms with van der Waals surface area (Å²) >= 11 is 0. The number of hydrogen-bond acceptors (Lipinski definition) is 1. The molecule has 12 heavy (non-hydrogen) atoms. The second-order valence-electron chi connectivity index (χ2n) is 3.18. The van der Waals surface area contributed by atoms with Crippen molar-refractivity contribution in [3.05, 3.63) is 24.3 Å². The Morgan fingerprint density at radius 2 is 2.00 bits per heavy atom. The van der Waals surface area contributed by atoms with Crippen LogP contribution in [0.2, 0.25) is 0 Å². The van der Waals surface area contributed by atoms with Gasteiger partial charge in [-0.25, -0.2) is 0 Å². The normalized spacial score (nSPS) is 14.6. The summed E-state index contributed by atoms with van der Waals surface area (Å²) in [4.78, 5) is 10.6. The highest BCUT2D eigenvalue weighted by molar-refractivity contribution is 5.70. The van der Waals surface area contributed by atoms with E-state index in [-0.39, 0.29) is 5.92 Å². The first kappa shape index (κ1) is 11.0. The summed E-state index contributed by atoms with van der Waals surface area (Å²) in [6.07, 6.45) is 3.59. The molecule has 2 nitrogen and oxygen atoms in total. The lowest BCUT2D eigenvalue weighted by atomic mass is 9.92. The molecule has 0 rings (SSSR count). The van der Waals surface area contributed by atoms with Crippen LogP contribution in [-0.4, -0.2) is 11.1 Å². The molecule has 2 heteroatoms. The first-order valence-electron chi connectivity index (χ1n) is 3.99.